The first-order chi connectivity index (χ1) is 53.8. The molecule has 4 heterocycles. The van der Waals surface area contributed by atoms with Crippen LogP contribution >= 0.6 is 110 Å². The van der Waals surface area contributed by atoms with Crippen LogP contribution in [0.2, 0.25) is 20.1 Å². The Hall–Kier alpha value is -3.73. The van der Waals surface area contributed by atoms with E-state index in [1.807, 2.05) is 66.7 Å². The number of hydrogen-bond acceptors (Lipinski definition) is 13. The average Bonchev–Trinajstić information content (AvgIpc) is 0.774. The van der Waals surface area contributed by atoms with E-state index in [1.165, 1.54) is 53.1 Å². The Morgan fingerprint density at radius 3 is 1.05 bits per heavy atom. The zero-order valence-corrected chi connectivity index (χ0v) is 75.2. The molecule has 0 spiro atoms. The second-order valence-corrected chi connectivity index (χ2v) is 45.4. The molecule has 0 bridgehead atoms. The molecule has 4 aliphatic heterocycles. The Kier molecular flexibility index (Phi) is 43.9. The first-order valence-electron chi connectivity index (χ1n) is 34.5. The van der Waals surface area contributed by atoms with Crippen LogP contribution in [0.25, 0.3) is 0 Å². The van der Waals surface area contributed by atoms with Crippen LogP contribution in [0, 0.1) is 108 Å². The third-order valence-corrected chi connectivity index (χ3v) is 24.0. The Morgan fingerprint density at radius 2 is 0.746 bits per heavy atom. The van der Waals surface area contributed by atoms with Gasteiger partial charge in [-0.3, -0.25) is 0 Å². The van der Waals surface area contributed by atoms with E-state index < -0.39 is 128 Å². The fraction of sp³-hybridized carbons (Fsp3) is 0.253. The largest absolute Gasteiger partial charge is 2.00 e. The van der Waals surface area contributed by atoms with Crippen LogP contribution in [-0.2, 0) is 16.1 Å². The van der Waals surface area contributed by atoms with Gasteiger partial charge in [0.25, 0.3) is 0 Å². The van der Waals surface area contributed by atoms with Gasteiger partial charge in [0.15, 0.2) is 46.3 Å². The van der Waals surface area contributed by atoms with Crippen LogP contribution in [0.3, 0.4) is 0 Å². The van der Waals surface area contributed by atoms with Crippen molar-refractivity contribution < 1.29 is 127 Å². The molecule has 114 heavy (non-hydrogen) atoms. The molecule has 9 aromatic rings. The van der Waals surface area contributed by atoms with Crippen LogP contribution in [0.1, 0.15) is 74.5 Å². The van der Waals surface area contributed by atoms with Crippen molar-refractivity contribution in [2.45, 2.75) is 91.2 Å². The second-order valence-electron chi connectivity index (χ2n) is 25.0. The molecule has 9 aromatic carbocycles. The van der Waals surface area contributed by atoms with Gasteiger partial charge < -0.3 is 60.8 Å². The Morgan fingerprint density at radius 1 is 0.465 bits per heavy atom. The number of aliphatic hydroxyl groups excluding tert-OH is 3. The van der Waals surface area contributed by atoms with Crippen molar-refractivity contribution in [3.8, 4) is 23.0 Å². The molecule has 11 atom stereocenters. The maximum absolute atomic E-state index is 15.0. The predicted octanol–water partition coefficient (Wildman–Crippen LogP) is 22.0. The van der Waals surface area contributed by atoms with Gasteiger partial charge >= 0.3 is 70.6 Å². The fourth-order valence-electron chi connectivity index (χ4n) is 12.2. The number of carbonyl (C=O) groups is 1. The summed E-state index contributed by atoms with van der Waals surface area (Å²) < 4.78 is 143. The zero-order valence-electron chi connectivity index (χ0n) is 60.5. The third kappa shape index (κ3) is 28.4. The molecule has 0 unspecified atom stereocenters. The van der Waals surface area contributed by atoms with Gasteiger partial charge in [0.05, 0.1) is 62.5 Å². The van der Waals surface area contributed by atoms with Crippen LogP contribution in [0.4, 0.5) is 35.1 Å². The van der Waals surface area contributed by atoms with Crippen LogP contribution in [0.15, 0.2) is 233 Å². The van der Waals surface area contributed by atoms with Gasteiger partial charge in [0, 0.05) is 102 Å². The summed E-state index contributed by atoms with van der Waals surface area (Å²) in [6, 6.07) is 46.9. The predicted molar refractivity (Wildman–Crippen MR) is 439 cm³/mol. The van der Waals surface area contributed by atoms with Gasteiger partial charge in [0.2, 0.25) is 0 Å². The topological polar surface area (TPSA) is 124 Å². The minimum absolute atomic E-state index is 0. The molecule has 4 aliphatic rings. The number of rotatable bonds is 22. The number of benzene rings is 9. The van der Waals surface area contributed by atoms with Crippen LogP contribution < -0.4 is 35.9 Å². The standard InChI is InChI=1S/C26H25ClF2O3S.2C19H17ClF2O2S.C16H11ClF2O2S.C3H5.BrH.Ce.3ClH.Mg/c27-18-8-10-19(11-9-18)33-26-20(16-32-25-22(29)13-12-21(28)24(25)26)23(7-4-14-30)31-15-17-5-2-1-3-6-17;2*1-2-3-16(23)13-10-24-18-15(22)9-8-14(21)17(18)19(13)25-12-6-4-11(20)5-7-12;17-10-1-3-11(4-2-10)22-16-9(7-20)8-21-15-13(19)6-5-12(18)14(15)16;1-3-2;;;;;;/h1-3,5-6,8-13,20,23,26,30H,4,7,14-16H2;2*2,4-9,13,16,19,23H,1,3,10H2;1-7,9,16H,8H2;3H,1-2H2;1H;;3*1H;/q;;;;-1;;+3;;;;+2/p-4/t20-,23-,26-;13-,16+,19-;13-,16-,19-;9-,16+;;;;;;;/m1110......./s1. The molecule has 0 fully saturated rings. The Balaban J connectivity index is 0.000000231. The molecule has 0 aliphatic carbocycles. The van der Waals surface area contributed by atoms with E-state index in [0.29, 0.717) is 52.4 Å². The number of carbonyl (C=O) groups excluding carboxylic acids is 1. The molecule has 603 valence electrons. The Labute approximate surface area is 743 Å². The van der Waals surface area contributed by atoms with Gasteiger partial charge in [-0.1, -0.05) is 88.9 Å². The average molecular weight is 1990 g/mol. The van der Waals surface area contributed by atoms with E-state index >= 15 is 4.39 Å². The summed E-state index contributed by atoms with van der Waals surface area (Å²) in [6.45, 7) is 14.6. The van der Waals surface area contributed by atoms with Crippen molar-refractivity contribution in [1.29, 1.82) is 0 Å². The monoisotopic (exact) mass is 1980 g/mol. The number of allylic oxidation sites excluding steroid dienone is 1. The molecule has 31 heteroatoms. The van der Waals surface area contributed by atoms with Gasteiger partial charge in [0.1, 0.15) is 29.6 Å². The molecule has 0 aromatic heterocycles. The molecule has 0 radical (unpaired) electrons. The van der Waals surface area contributed by atoms with E-state index in [-0.39, 0.29) is 130 Å². The third-order valence-electron chi connectivity index (χ3n) is 17.5. The fourth-order valence-corrected chi connectivity index (χ4v) is 18.0. The van der Waals surface area contributed by atoms with Crippen molar-refractivity contribution in [3.63, 3.8) is 0 Å². The van der Waals surface area contributed by atoms with Gasteiger partial charge in [-0.2, -0.15) is 0 Å². The van der Waals surface area contributed by atoms with E-state index in [0.717, 1.165) is 80.0 Å². The number of aliphatic hydroxyl groups is 3. The first kappa shape index (κ1) is 99.1. The number of thioether (sulfide) groups is 4. The zero-order chi connectivity index (χ0) is 81.1. The van der Waals surface area contributed by atoms with Gasteiger partial charge in [-0.25, -0.2) is 54.7 Å². The summed E-state index contributed by atoms with van der Waals surface area (Å²) in [7, 11) is 0. The smallest absolute Gasteiger partial charge is 2.00 e. The summed E-state index contributed by atoms with van der Waals surface area (Å²) in [5.74, 6) is -6.49. The second kappa shape index (κ2) is 50.5. The summed E-state index contributed by atoms with van der Waals surface area (Å²) in [5.41, 5.74) is 16.7. The van der Waals surface area contributed by atoms with Crippen molar-refractivity contribution in [3.05, 3.63) is 315 Å². The van der Waals surface area contributed by atoms with E-state index in [1.54, 1.807) is 72.8 Å². The van der Waals surface area contributed by atoms with E-state index in [4.69, 9.17) is 87.0 Å². The molecule has 13 rings (SSSR count). The summed E-state index contributed by atoms with van der Waals surface area (Å²) in [6.07, 6.45) is 5.37. The van der Waals surface area contributed by atoms with E-state index in [2.05, 4.69) is 26.7 Å². The van der Waals surface area contributed by atoms with Crippen LogP contribution in [-0.4, -0.2) is 96.0 Å². The minimum Gasteiger partial charge on any atom is 2.00 e. The van der Waals surface area contributed by atoms with Crippen molar-refractivity contribution in [2.24, 2.45) is 23.7 Å². The molecular formula is C83H75BrCeCl7F8MgO9S4. The molecule has 0 amide bonds. The number of ether oxygens (including phenoxy) is 5. The normalized spacial score (nSPS) is 18.5. The quantitative estimate of drug-likeness (QED) is 0.0196. The summed E-state index contributed by atoms with van der Waals surface area (Å²) in [5, 5.41) is 30.8. The van der Waals surface area contributed by atoms with Gasteiger partial charge in [-0.15, -0.1) is 60.2 Å². The summed E-state index contributed by atoms with van der Waals surface area (Å²) >= 11 is 26.9. The molecule has 3 N–H and O–H groups in total. The minimum atomic E-state index is -2.24. The van der Waals surface area contributed by atoms with Crippen molar-refractivity contribution >= 4 is 140 Å². The summed E-state index contributed by atoms with van der Waals surface area (Å²) in [4.78, 5) is 14.7. The number of fused-ring (bicyclic) bond motifs is 4. The first-order valence-corrected chi connectivity index (χ1v) is 51.3. The van der Waals surface area contributed by atoms with Gasteiger partial charge in [-0.05, 0) is 177 Å². The van der Waals surface area contributed by atoms with Crippen LogP contribution in [0.5, 0.6) is 23.0 Å². The van der Waals surface area contributed by atoms with E-state index in [9.17, 15) is 50.8 Å². The maximum Gasteiger partial charge on any atom is 2.00 e. The van der Waals surface area contributed by atoms with Crippen molar-refractivity contribution in [1.82, 2.24) is 0 Å². The SMILES string of the molecule is C=CC[C@@H](O)[C@H]1COc2c(F)ccc(F)c2[C@@H]1Sc1ccc(Cl)cc1.C=CC[C@H](O)[C@H]1COc2c(F)ccc(F)c2[C@@H]1Sc1ccc(Cl)cc1.C=C[CH2-].O=C[C@H]1COc2c(F)ccc(F)c2[C@@H]1Sc1ccc(Cl)cc1.OCCC[C@@H](OCc1ccccc1)[C@H]1COc2c(F)ccc(F)c2[C@@H]1Sc1ccc(Cl)cc1.[Br-].[Cl][Ce]([Cl])[Cl].[Mg+2]. The molecular weight excluding hydrogens is 1910 g/mol. The number of aldehydes is 1. The number of halogens is 16. The molecule has 9 nitrogen and oxygen atoms in total. The van der Waals surface area contributed by atoms with Crippen molar-refractivity contribution in [2.75, 3.05) is 33.0 Å². The maximum atomic E-state index is 15.0. The number of hydrogen-bond donors (Lipinski definition) is 3. The molecule has 0 saturated heterocycles. The molecule has 0 saturated carbocycles. The Bertz CT molecular complexity index is 4410.